The molecule has 4 rings (SSSR count). The molecule has 2 aromatic carbocycles. The van der Waals surface area contributed by atoms with E-state index in [4.69, 9.17) is 8.83 Å². The molecule has 7 heteroatoms. The molecular formula is C22H17FN2O4. The van der Waals surface area contributed by atoms with Gasteiger partial charge in [0, 0.05) is 10.9 Å². The number of anilines is 1. The molecule has 0 aliphatic heterocycles. The molecule has 0 atom stereocenters. The molecule has 0 bridgehead atoms. The fourth-order valence-corrected chi connectivity index (χ4v) is 3.07. The molecule has 2 amide bonds. The van der Waals surface area contributed by atoms with Crippen LogP contribution in [-0.2, 0) is 6.54 Å². The van der Waals surface area contributed by atoms with Crippen molar-refractivity contribution in [1.82, 2.24) is 5.32 Å². The molecule has 2 aromatic heterocycles. The second-order valence-electron chi connectivity index (χ2n) is 6.43. The summed E-state index contributed by atoms with van der Waals surface area (Å²) in [7, 11) is 0. The Kier molecular flexibility index (Phi) is 4.87. The highest BCUT2D eigenvalue weighted by molar-refractivity contribution is 6.10. The van der Waals surface area contributed by atoms with Crippen LogP contribution in [0.3, 0.4) is 0 Å². The Labute approximate surface area is 165 Å². The zero-order valence-electron chi connectivity index (χ0n) is 15.5. The molecule has 2 heterocycles. The van der Waals surface area contributed by atoms with E-state index in [2.05, 4.69) is 10.6 Å². The quantitative estimate of drug-likeness (QED) is 0.518. The van der Waals surface area contributed by atoms with E-state index in [-0.39, 0.29) is 29.4 Å². The number of hydrogen-bond acceptors (Lipinski definition) is 4. The predicted octanol–water partition coefficient (Wildman–Crippen LogP) is 4.66. The first-order valence-corrected chi connectivity index (χ1v) is 8.93. The van der Waals surface area contributed by atoms with Crippen LogP contribution in [0.5, 0.6) is 0 Å². The Morgan fingerprint density at radius 3 is 2.59 bits per heavy atom. The molecule has 0 spiro atoms. The Hall–Kier alpha value is -3.87. The molecule has 0 aliphatic carbocycles. The van der Waals surface area contributed by atoms with Crippen molar-refractivity contribution in [2.75, 3.05) is 5.32 Å². The van der Waals surface area contributed by atoms with Gasteiger partial charge < -0.3 is 19.5 Å². The maximum absolute atomic E-state index is 14.0. The Morgan fingerprint density at radius 2 is 1.83 bits per heavy atom. The van der Waals surface area contributed by atoms with Gasteiger partial charge in [0.2, 0.25) is 0 Å². The van der Waals surface area contributed by atoms with Gasteiger partial charge in [-0.1, -0.05) is 24.3 Å². The summed E-state index contributed by atoms with van der Waals surface area (Å²) < 4.78 is 24.6. The number of furan rings is 2. The fraction of sp³-hybridized carbons (Fsp3) is 0.0909. The van der Waals surface area contributed by atoms with Gasteiger partial charge in [-0.05, 0) is 37.3 Å². The minimum atomic E-state index is -0.565. The molecule has 0 unspecified atom stereocenters. The van der Waals surface area contributed by atoms with Crippen molar-refractivity contribution < 1.29 is 22.8 Å². The minimum absolute atomic E-state index is 0.00380. The van der Waals surface area contributed by atoms with Crippen molar-refractivity contribution in [2.45, 2.75) is 13.5 Å². The Morgan fingerprint density at radius 1 is 1.00 bits per heavy atom. The summed E-state index contributed by atoms with van der Waals surface area (Å²) in [5, 5.41) is 5.95. The number of hydrogen-bond donors (Lipinski definition) is 2. The van der Waals surface area contributed by atoms with Crippen LogP contribution < -0.4 is 10.6 Å². The van der Waals surface area contributed by atoms with Crippen LogP contribution >= 0.6 is 0 Å². The number of para-hydroxylation sites is 2. The van der Waals surface area contributed by atoms with E-state index in [1.54, 1.807) is 55.5 Å². The van der Waals surface area contributed by atoms with E-state index in [1.807, 2.05) is 0 Å². The first-order valence-electron chi connectivity index (χ1n) is 8.93. The molecule has 0 fully saturated rings. The van der Waals surface area contributed by atoms with Crippen molar-refractivity contribution in [3.05, 3.63) is 89.3 Å². The van der Waals surface area contributed by atoms with E-state index in [0.29, 0.717) is 22.4 Å². The van der Waals surface area contributed by atoms with E-state index in [0.717, 1.165) is 0 Å². The summed E-state index contributed by atoms with van der Waals surface area (Å²) in [5.74, 6) is -0.868. The van der Waals surface area contributed by atoms with Gasteiger partial charge in [0.15, 0.2) is 17.2 Å². The number of benzene rings is 2. The van der Waals surface area contributed by atoms with E-state index >= 15 is 0 Å². The van der Waals surface area contributed by atoms with Gasteiger partial charge in [0.05, 0.1) is 24.1 Å². The number of carbonyl (C=O) groups is 2. The van der Waals surface area contributed by atoms with Gasteiger partial charge in [-0.2, -0.15) is 0 Å². The van der Waals surface area contributed by atoms with Crippen molar-refractivity contribution in [3.8, 4) is 0 Å². The number of fused-ring (bicyclic) bond motifs is 1. The number of rotatable bonds is 5. The zero-order valence-corrected chi connectivity index (χ0v) is 15.5. The molecule has 0 saturated carbocycles. The van der Waals surface area contributed by atoms with E-state index in [9.17, 15) is 14.0 Å². The molecule has 0 aliphatic rings. The first-order chi connectivity index (χ1) is 14.0. The van der Waals surface area contributed by atoms with Crippen LogP contribution in [0.4, 0.5) is 10.1 Å². The number of nitrogens with one attached hydrogen (secondary N) is 2. The number of amides is 2. The molecule has 29 heavy (non-hydrogen) atoms. The highest BCUT2D eigenvalue weighted by Crippen LogP contribution is 2.28. The van der Waals surface area contributed by atoms with Gasteiger partial charge in [-0.25, -0.2) is 4.39 Å². The summed E-state index contributed by atoms with van der Waals surface area (Å²) in [6.07, 6.45) is 1.52. The topological polar surface area (TPSA) is 84.5 Å². The van der Waals surface area contributed by atoms with Crippen LogP contribution in [0.25, 0.3) is 11.0 Å². The highest BCUT2D eigenvalue weighted by atomic mass is 19.1. The summed E-state index contributed by atoms with van der Waals surface area (Å²) in [6, 6.07) is 14.6. The third-order valence-electron chi connectivity index (χ3n) is 4.55. The maximum atomic E-state index is 14.0. The smallest absolute Gasteiger partial charge is 0.291 e. The van der Waals surface area contributed by atoms with Gasteiger partial charge >= 0.3 is 0 Å². The highest BCUT2D eigenvalue weighted by Gasteiger charge is 2.21. The van der Waals surface area contributed by atoms with Crippen molar-refractivity contribution >= 4 is 28.5 Å². The molecular weight excluding hydrogens is 375 g/mol. The maximum Gasteiger partial charge on any atom is 0.291 e. The van der Waals surface area contributed by atoms with Crippen molar-refractivity contribution in [2.24, 2.45) is 0 Å². The second kappa shape index (κ2) is 7.63. The SMILES string of the molecule is Cc1c(C(=O)Nc2ccccc2C(=O)NCc2ccco2)oc2c(F)cccc12. The summed E-state index contributed by atoms with van der Waals surface area (Å²) in [4.78, 5) is 25.3. The second-order valence-corrected chi connectivity index (χ2v) is 6.43. The number of carbonyl (C=O) groups excluding carboxylic acids is 2. The van der Waals surface area contributed by atoms with Crippen LogP contribution in [0.1, 0.15) is 32.2 Å². The van der Waals surface area contributed by atoms with Gasteiger partial charge in [-0.3, -0.25) is 9.59 Å². The van der Waals surface area contributed by atoms with Crippen LogP contribution in [-0.4, -0.2) is 11.8 Å². The lowest BCUT2D eigenvalue weighted by molar-refractivity contribution is 0.0949. The third-order valence-corrected chi connectivity index (χ3v) is 4.55. The first kappa shape index (κ1) is 18.5. The molecule has 4 aromatic rings. The third kappa shape index (κ3) is 3.62. The summed E-state index contributed by atoms with van der Waals surface area (Å²) in [6.45, 7) is 1.90. The van der Waals surface area contributed by atoms with E-state index in [1.165, 1.54) is 12.3 Å². The lowest BCUT2D eigenvalue weighted by Gasteiger charge is -2.10. The van der Waals surface area contributed by atoms with Gasteiger partial charge in [0.25, 0.3) is 11.8 Å². The lowest BCUT2D eigenvalue weighted by Crippen LogP contribution is -2.24. The van der Waals surface area contributed by atoms with Crippen LogP contribution in [0.2, 0.25) is 0 Å². The minimum Gasteiger partial charge on any atom is -0.467 e. The van der Waals surface area contributed by atoms with Crippen molar-refractivity contribution in [3.63, 3.8) is 0 Å². The normalized spacial score (nSPS) is 10.8. The number of halogens is 1. The fourth-order valence-electron chi connectivity index (χ4n) is 3.07. The molecule has 0 saturated heterocycles. The largest absolute Gasteiger partial charge is 0.467 e. The standard InChI is InChI=1S/C22H17FN2O4/c1-13-15-8-4-9-17(23)20(15)29-19(13)22(27)25-18-10-3-2-7-16(18)21(26)24-12-14-6-5-11-28-14/h2-11H,12H2,1H3,(H,24,26)(H,25,27). The van der Waals surface area contributed by atoms with Crippen molar-refractivity contribution in [1.29, 1.82) is 0 Å². The average Bonchev–Trinajstić information content (AvgIpc) is 3.36. The summed E-state index contributed by atoms with van der Waals surface area (Å²) in [5.41, 5.74) is 1.15. The van der Waals surface area contributed by atoms with Gasteiger partial charge in [0.1, 0.15) is 5.76 Å². The molecule has 0 radical (unpaired) electrons. The monoisotopic (exact) mass is 392 g/mol. The lowest BCUT2D eigenvalue weighted by atomic mass is 10.1. The molecule has 2 N–H and O–H groups in total. The molecule has 146 valence electrons. The van der Waals surface area contributed by atoms with Crippen LogP contribution in [0.15, 0.2) is 69.7 Å². The Bertz CT molecular complexity index is 1190. The van der Waals surface area contributed by atoms with Crippen LogP contribution in [0, 0.1) is 12.7 Å². The predicted molar refractivity (Wildman–Crippen MR) is 105 cm³/mol. The summed E-state index contributed by atoms with van der Waals surface area (Å²) >= 11 is 0. The number of aryl methyl sites for hydroxylation is 1. The average molecular weight is 392 g/mol. The van der Waals surface area contributed by atoms with E-state index < -0.39 is 11.7 Å². The molecule has 6 nitrogen and oxygen atoms in total. The van der Waals surface area contributed by atoms with Gasteiger partial charge in [-0.15, -0.1) is 0 Å². The Balaban J connectivity index is 1.57. The zero-order chi connectivity index (χ0) is 20.4.